The van der Waals surface area contributed by atoms with E-state index in [-0.39, 0.29) is 53.1 Å². The molecular weight excluding hydrogens is 423 g/mol. The van der Waals surface area contributed by atoms with Gasteiger partial charge in [-0.1, -0.05) is 6.92 Å². The molecule has 0 aromatic carbocycles. The molecule has 0 unspecified atom stereocenters. The van der Waals surface area contributed by atoms with Gasteiger partial charge in [-0.2, -0.15) is 0 Å². The maximum absolute atomic E-state index is 12.5. The van der Waals surface area contributed by atoms with Gasteiger partial charge in [0.1, 0.15) is 16.2 Å². The Morgan fingerprint density at radius 3 is 2.86 bits per heavy atom. The van der Waals surface area contributed by atoms with Gasteiger partial charge in [-0.05, 0) is 19.9 Å². The number of hydrogen-bond acceptors (Lipinski definition) is 8. The van der Waals surface area contributed by atoms with Crippen molar-refractivity contribution in [2.24, 2.45) is 17.6 Å². The third-order valence-corrected chi connectivity index (χ3v) is 7.73. The molecule has 1 saturated heterocycles. The monoisotopic (exact) mass is 444 g/mol. The number of amides is 1. The van der Waals surface area contributed by atoms with Crippen molar-refractivity contribution in [3.63, 3.8) is 0 Å². The first-order valence-corrected chi connectivity index (χ1v) is 10.9. The summed E-state index contributed by atoms with van der Waals surface area (Å²) in [5.74, 6) is -1.66. The van der Waals surface area contributed by atoms with E-state index in [0.717, 1.165) is 26.9 Å². The molecule has 2 aromatic heterocycles. The summed E-state index contributed by atoms with van der Waals surface area (Å²) in [4.78, 5) is 31.7. The number of aliphatic hydroxyl groups is 1. The zero-order valence-electron chi connectivity index (χ0n) is 16.5. The van der Waals surface area contributed by atoms with Crippen molar-refractivity contribution in [2.45, 2.75) is 37.4 Å². The summed E-state index contributed by atoms with van der Waals surface area (Å²) in [6.07, 6.45) is 3.62. The third kappa shape index (κ3) is 3.58. The van der Waals surface area contributed by atoms with Gasteiger partial charge in [0.25, 0.3) is 0 Å². The number of imidazole rings is 1. The van der Waals surface area contributed by atoms with Crippen LogP contribution in [0.5, 0.6) is 0 Å². The molecule has 3 N–H and O–H groups in total. The van der Waals surface area contributed by atoms with Gasteiger partial charge in [-0.15, -0.1) is 23.1 Å². The molecule has 11 heteroatoms. The average molecular weight is 445 g/mol. The van der Waals surface area contributed by atoms with Crippen LogP contribution >= 0.6 is 23.1 Å². The van der Waals surface area contributed by atoms with E-state index >= 15 is 0 Å². The molecule has 2 aliphatic rings. The Balaban J connectivity index is 0.00000240. The van der Waals surface area contributed by atoms with Crippen LogP contribution in [0.25, 0.3) is 10.4 Å². The molecule has 0 saturated carbocycles. The van der Waals surface area contributed by atoms with E-state index in [0.29, 0.717) is 12.1 Å². The number of fused-ring (bicyclic) bond motifs is 2. The number of hydrogen-bond donors (Lipinski definition) is 2. The number of aliphatic carboxylic acids is 1. The van der Waals surface area contributed by atoms with E-state index in [1.165, 1.54) is 16.2 Å². The van der Waals surface area contributed by atoms with E-state index in [1.807, 2.05) is 17.5 Å². The molecule has 4 heterocycles. The van der Waals surface area contributed by atoms with Crippen LogP contribution in [0.15, 0.2) is 23.2 Å². The summed E-state index contributed by atoms with van der Waals surface area (Å²) < 4.78 is 1.88. The quantitative estimate of drug-likeness (QED) is 0.204. The standard InChI is InChI=1S/C18H22N4O4S2.Na/c1-8-11(14(18(25)26)22-13(8)12(9(2)23)16(22)24)10-6-21-7-20-15(17(21)28-10)27-5-3-4-19;/h6-9,12-13,23H,3-5,19H2,1-2H3,(H,25,26);/q;+1/p-1/t8-,9+,12+,13+;/m0./s1. The number of carbonyl (C=O) groups excluding carboxylic acids is 2. The second kappa shape index (κ2) is 8.70. The molecule has 4 atom stereocenters. The summed E-state index contributed by atoms with van der Waals surface area (Å²) in [5.41, 5.74) is 6.06. The number of thiazole rings is 1. The van der Waals surface area contributed by atoms with E-state index < -0.39 is 18.0 Å². The van der Waals surface area contributed by atoms with Gasteiger partial charge in [0.15, 0.2) is 0 Å². The van der Waals surface area contributed by atoms with Gasteiger partial charge < -0.3 is 25.6 Å². The maximum Gasteiger partial charge on any atom is 1.00 e. The first-order valence-electron chi connectivity index (χ1n) is 9.13. The fraction of sp³-hybridized carbons (Fsp3) is 0.500. The minimum atomic E-state index is -1.37. The number of nitrogens with two attached hydrogens (primary N) is 1. The predicted molar refractivity (Wildman–Crippen MR) is 104 cm³/mol. The number of aromatic nitrogens is 2. The molecule has 0 spiro atoms. The van der Waals surface area contributed by atoms with Crippen molar-refractivity contribution in [3.8, 4) is 0 Å². The zero-order chi connectivity index (χ0) is 20.2. The van der Waals surface area contributed by atoms with E-state index in [4.69, 9.17) is 5.73 Å². The van der Waals surface area contributed by atoms with Crippen molar-refractivity contribution >= 4 is 45.4 Å². The Morgan fingerprint density at radius 2 is 2.24 bits per heavy atom. The average Bonchev–Trinajstić information content (AvgIpc) is 3.26. The fourth-order valence-electron chi connectivity index (χ4n) is 4.14. The van der Waals surface area contributed by atoms with Crippen molar-refractivity contribution in [1.82, 2.24) is 14.3 Å². The molecule has 0 bridgehead atoms. The smallest absolute Gasteiger partial charge is 0.543 e. The second-order valence-corrected chi connectivity index (χ2v) is 9.27. The molecular formula is C18H21N4NaO4S2. The molecule has 4 rings (SSSR count). The Morgan fingerprint density at radius 1 is 1.52 bits per heavy atom. The molecule has 29 heavy (non-hydrogen) atoms. The second-order valence-electron chi connectivity index (χ2n) is 7.15. The maximum atomic E-state index is 12.5. The molecule has 150 valence electrons. The molecule has 8 nitrogen and oxygen atoms in total. The summed E-state index contributed by atoms with van der Waals surface area (Å²) in [6, 6.07) is -0.353. The number of aliphatic hydroxyl groups excluding tert-OH is 1. The fourth-order valence-corrected chi connectivity index (χ4v) is 6.41. The number of carboxylic acid groups (broad SMARTS) is 1. The van der Waals surface area contributed by atoms with Crippen LogP contribution in [0.4, 0.5) is 0 Å². The Hall–Kier alpha value is -0.880. The molecule has 0 aliphatic carbocycles. The van der Waals surface area contributed by atoms with Crippen molar-refractivity contribution in [1.29, 1.82) is 0 Å². The first kappa shape index (κ1) is 22.8. The van der Waals surface area contributed by atoms with Crippen molar-refractivity contribution in [2.75, 3.05) is 12.3 Å². The van der Waals surface area contributed by atoms with E-state index in [1.54, 1.807) is 25.0 Å². The number of carbonyl (C=O) groups is 2. The van der Waals surface area contributed by atoms with Crippen LogP contribution in [0.3, 0.4) is 0 Å². The van der Waals surface area contributed by atoms with Crippen LogP contribution < -0.4 is 40.4 Å². The largest absolute Gasteiger partial charge is 1.00 e. The van der Waals surface area contributed by atoms with Crippen LogP contribution in [-0.4, -0.2) is 55.7 Å². The minimum absolute atomic E-state index is 0. The first-order chi connectivity index (χ1) is 13.4. The van der Waals surface area contributed by atoms with Crippen molar-refractivity contribution < 1.29 is 49.4 Å². The number of nitrogens with zero attached hydrogens (tertiary/aromatic N) is 3. The Bertz CT molecular complexity index is 986. The summed E-state index contributed by atoms with van der Waals surface area (Å²) >= 11 is 3.07. The summed E-state index contributed by atoms with van der Waals surface area (Å²) in [6.45, 7) is 4.08. The molecule has 1 fully saturated rings. The topological polar surface area (TPSA) is 124 Å². The van der Waals surface area contributed by atoms with Gasteiger partial charge in [-0.3, -0.25) is 9.20 Å². The van der Waals surface area contributed by atoms with Gasteiger partial charge >= 0.3 is 29.6 Å². The minimum Gasteiger partial charge on any atom is -0.543 e. The van der Waals surface area contributed by atoms with Crippen LogP contribution in [0, 0.1) is 11.8 Å². The number of carboxylic acids is 1. The third-order valence-electron chi connectivity index (χ3n) is 5.40. The summed E-state index contributed by atoms with van der Waals surface area (Å²) in [7, 11) is 0. The number of β-lactam (4-membered cyclic amide) rings is 1. The van der Waals surface area contributed by atoms with Crippen LogP contribution in [0.2, 0.25) is 0 Å². The zero-order valence-corrected chi connectivity index (χ0v) is 20.1. The molecule has 0 radical (unpaired) electrons. The number of rotatable bonds is 7. The molecule has 2 aliphatic heterocycles. The number of thioether (sulfide) groups is 1. The predicted octanol–water partition coefficient (Wildman–Crippen LogP) is -2.84. The summed E-state index contributed by atoms with van der Waals surface area (Å²) in [5, 5.41) is 22.7. The Labute approximate surface area is 198 Å². The van der Waals surface area contributed by atoms with Crippen LogP contribution in [0.1, 0.15) is 25.1 Å². The SMILES string of the molecule is C[C@@H](O)[C@H]1C(=O)N2C(C(=O)[O-])=C(c3cn4cnc(SCCCN)c4s3)[C@H](C)[C@H]12.[Na+]. The van der Waals surface area contributed by atoms with Crippen LogP contribution in [-0.2, 0) is 9.59 Å². The van der Waals surface area contributed by atoms with Gasteiger partial charge in [0.2, 0.25) is 5.91 Å². The molecule has 1 amide bonds. The molecule has 2 aromatic rings. The van der Waals surface area contributed by atoms with Gasteiger partial charge in [-0.25, -0.2) is 4.98 Å². The van der Waals surface area contributed by atoms with Gasteiger partial charge in [0, 0.05) is 23.4 Å². The van der Waals surface area contributed by atoms with E-state index in [9.17, 15) is 19.8 Å². The Kier molecular flexibility index (Phi) is 6.84. The normalized spacial score (nSPS) is 24.5. The van der Waals surface area contributed by atoms with Crippen molar-refractivity contribution in [3.05, 3.63) is 23.1 Å². The van der Waals surface area contributed by atoms with Gasteiger partial charge in [0.05, 0.1) is 34.6 Å². The van der Waals surface area contributed by atoms with E-state index in [2.05, 4.69) is 4.98 Å².